The van der Waals surface area contributed by atoms with Crippen molar-refractivity contribution in [2.75, 3.05) is 68.8 Å². The second kappa shape index (κ2) is 13.4. The zero-order chi connectivity index (χ0) is 37.4. The molecule has 6 heterocycles. The summed E-state index contributed by atoms with van der Waals surface area (Å²) in [6.45, 7) is 13.1. The van der Waals surface area contributed by atoms with Crippen LogP contribution in [0.2, 0.25) is 0 Å². The average molecular weight is 743 g/mol. The molecule has 10 nitrogen and oxygen atoms in total. The van der Waals surface area contributed by atoms with Crippen LogP contribution < -0.4 is 14.5 Å². The number of aromatic amines is 1. The largest absolute Gasteiger partial charge is 0.481 e. The van der Waals surface area contributed by atoms with Crippen LogP contribution >= 0.6 is 0 Å². The zero-order valence-corrected chi connectivity index (χ0v) is 31.2. The molecule has 0 bridgehead atoms. The number of nitrogens with one attached hydrogen (secondary N) is 1. The highest BCUT2D eigenvalue weighted by molar-refractivity contribution is 6.06. The summed E-state index contributed by atoms with van der Waals surface area (Å²) in [4.78, 5) is 31.8. The van der Waals surface area contributed by atoms with Gasteiger partial charge in [0.25, 0.3) is 0 Å². The molecule has 2 aromatic carbocycles. The minimum Gasteiger partial charge on any atom is -0.481 e. The van der Waals surface area contributed by atoms with E-state index in [1.165, 1.54) is 18.9 Å². The normalized spacial score (nSPS) is 22.4. The maximum Gasteiger partial charge on any atom is 0.422 e. The maximum atomic E-state index is 14.2. The first kappa shape index (κ1) is 35.3. The molecule has 1 aliphatic carbocycles. The summed E-state index contributed by atoms with van der Waals surface area (Å²) in [6.07, 6.45) is 5.63. The first-order valence-corrected chi connectivity index (χ1v) is 19.7. The number of carbonyl (C=O) groups excluding carboxylic acids is 1. The molecule has 1 saturated carbocycles. The molecule has 9 rings (SSSR count). The Morgan fingerprint density at radius 1 is 1.00 bits per heavy atom. The van der Waals surface area contributed by atoms with Crippen molar-refractivity contribution < 1.29 is 22.7 Å². The number of nitrogens with zero attached hydrogens (tertiary/aromatic N) is 7. The molecule has 5 fully saturated rings. The van der Waals surface area contributed by atoms with Crippen molar-refractivity contribution >= 4 is 39.5 Å². The summed E-state index contributed by atoms with van der Waals surface area (Å²) in [5, 5.41) is 8.94. The molecular formula is C41H49F3N8O2. The average Bonchev–Trinajstić information content (AvgIpc) is 3.67. The Kier molecular flexibility index (Phi) is 8.78. The van der Waals surface area contributed by atoms with E-state index in [2.05, 4.69) is 44.5 Å². The number of carbonyl (C=O) groups is 1. The monoisotopic (exact) mass is 742 g/mol. The summed E-state index contributed by atoms with van der Waals surface area (Å²) in [7, 11) is 0. The smallest absolute Gasteiger partial charge is 0.422 e. The van der Waals surface area contributed by atoms with Gasteiger partial charge in [-0.1, -0.05) is 19.6 Å². The van der Waals surface area contributed by atoms with Crippen LogP contribution in [0.25, 0.3) is 32.9 Å². The standard InChI is InChI=1S/C41H49F3N8O2/c1-4-33(53)52-22-40(23-52)12-17-50(18-13-40)38-30-19-29(27-6-7-27)35(34-26(3)5-8-32-31(34)20-45-48-32)37(54-24-41(42,43)44)36(30)46-39(47-38)51-16-11-28(21-51)49-14-9-25(2)10-15-49/h4-5,8,19-20,25,27-28H,1,6-7,9-18,21-24H2,2-3H3,(H,45,48)/t28-/m1/s1. The Morgan fingerprint density at radius 3 is 2.46 bits per heavy atom. The van der Waals surface area contributed by atoms with Crippen LogP contribution in [0.3, 0.4) is 0 Å². The van der Waals surface area contributed by atoms with Crippen molar-refractivity contribution in [3.05, 3.63) is 48.2 Å². The van der Waals surface area contributed by atoms with Crippen LogP contribution in [0, 0.1) is 18.3 Å². The topological polar surface area (TPSA) is 93.7 Å². The molecule has 0 unspecified atom stereocenters. The minimum absolute atomic E-state index is 0.0337. The number of rotatable bonds is 8. The van der Waals surface area contributed by atoms with E-state index in [1.54, 1.807) is 6.20 Å². The Labute approximate surface area is 313 Å². The van der Waals surface area contributed by atoms with Gasteiger partial charge in [-0.15, -0.1) is 0 Å². The van der Waals surface area contributed by atoms with Gasteiger partial charge >= 0.3 is 6.18 Å². The van der Waals surface area contributed by atoms with Crippen LogP contribution in [-0.2, 0) is 4.79 Å². The summed E-state index contributed by atoms with van der Waals surface area (Å²) in [5.74, 6) is 2.35. The number of ether oxygens (including phenoxy) is 1. The lowest BCUT2D eigenvalue weighted by atomic mass is 9.72. The lowest BCUT2D eigenvalue weighted by Gasteiger charge is -2.54. The molecular weight excluding hydrogens is 693 g/mol. The first-order chi connectivity index (χ1) is 26.0. The van der Waals surface area contributed by atoms with Crippen LogP contribution in [-0.4, -0.2) is 107 Å². The molecule has 13 heteroatoms. The molecule has 54 heavy (non-hydrogen) atoms. The fraction of sp³-hybridized carbons (Fsp3) is 0.561. The molecule has 5 aliphatic rings. The highest BCUT2D eigenvalue weighted by atomic mass is 19.4. The quantitative estimate of drug-likeness (QED) is 0.189. The predicted octanol–water partition coefficient (Wildman–Crippen LogP) is 7.23. The van der Waals surface area contributed by atoms with Crippen LogP contribution in [0.1, 0.15) is 68.9 Å². The summed E-state index contributed by atoms with van der Waals surface area (Å²) >= 11 is 0. The van der Waals surface area contributed by atoms with E-state index in [1.807, 2.05) is 24.0 Å². The van der Waals surface area contributed by atoms with Crippen molar-refractivity contribution in [2.45, 2.75) is 76.9 Å². The van der Waals surface area contributed by atoms with Crippen LogP contribution in [0.5, 0.6) is 5.75 Å². The third kappa shape index (κ3) is 6.45. The first-order valence-electron chi connectivity index (χ1n) is 19.7. The van der Waals surface area contributed by atoms with Gasteiger partial charge in [0.05, 0.1) is 11.7 Å². The number of piperidine rings is 2. The lowest BCUT2D eigenvalue weighted by molar-refractivity contribution is -0.153. The number of H-pyrrole nitrogens is 1. The van der Waals surface area contributed by atoms with Crippen LogP contribution in [0.15, 0.2) is 37.1 Å². The molecule has 1 amide bonds. The van der Waals surface area contributed by atoms with E-state index in [0.29, 0.717) is 23.1 Å². The molecule has 2 aromatic heterocycles. The number of hydrogen-bond donors (Lipinski definition) is 1. The number of amides is 1. The number of alkyl halides is 3. The van der Waals surface area contributed by atoms with Gasteiger partial charge in [0.2, 0.25) is 11.9 Å². The van der Waals surface area contributed by atoms with E-state index in [9.17, 15) is 18.0 Å². The fourth-order valence-electron chi connectivity index (χ4n) is 9.51. The molecule has 1 N–H and O–H groups in total. The van der Waals surface area contributed by atoms with Crippen molar-refractivity contribution in [3.63, 3.8) is 0 Å². The minimum atomic E-state index is -4.55. The second-order valence-electron chi connectivity index (χ2n) is 16.7. The Morgan fingerprint density at radius 2 is 1.76 bits per heavy atom. The number of hydrogen-bond acceptors (Lipinski definition) is 8. The molecule has 4 aliphatic heterocycles. The highest BCUT2D eigenvalue weighted by Crippen LogP contribution is 2.53. The van der Waals surface area contributed by atoms with Gasteiger partial charge in [0.15, 0.2) is 12.4 Å². The lowest BCUT2D eigenvalue weighted by Crippen LogP contribution is -2.61. The number of benzene rings is 2. The number of fused-ring (bicyclic) bond motifs is 2. The van der Waals surface area contributed by atoms with Gasteiger partial charge in [0.1, 0.15) is 11.3 Å². The predicted molar refractivity (Wildman–Crippen MR) is 204 cm³/mol. The van der Waals surface area contributed by atoms with Crippen molar-refractivity contribution in [1.29, 1.82) is 0 Å². The van der Waals surface area contributed by atoms with Gasteiger partial charge in [-0.05, 0) is 112 Å². The summed E-state index contributed by atoms with van der Waals surface area (Å²) < 4.78 is 48.5. The van der Waals surface area contributed by atoms with E-state index in [0.717, 1.165) is 129 Å². The number of aryl methyl sites for hydroxylation is 1. The molecule has 4 aromatic rings. The SMILES string of the molecule is C=CC(=O)N1CC2(CCN(c3nc(N4CC[C@@H](N5CCC(C)CC5)C4)nc4c(OCC(F)(F)F)c(-c5c(C)ccc6[nH]ncc56)c(C5CC5)cc34)CC2)C1. The molecule has 0 radical (unpaired) electrons. The number of likely N-dealkylation sites (tertiary alicyclic amines) is 2. The van der Waals surface area contributed by atoms with Gasteiger partial charge < -0.3 is 19.4 Å². The third-order valence-electron chi connectivity index (χ3n) is 12.9. The highest BCUT2D eigenvalue weighted by Gasteiger charge is 2.47. The fourth-order valence-corrected chi connectivity index (χ4v) is 9.51. The Balaban J connectivity index is 1.18. The number of aromatic nitrogens is 4. The Hall–Kier alpha value is -4.39. The van der Waals surface area contributed by atoms with Crippen molar-refractivity contribution in [2.24, 2.45) is 11.3 Å². The van der Waals surface area contributed by atoms with Crippen LogP contribution in [0.4, 0.5) is 24.9 Å². The van der Waals surface area contributed by atoms with E-state index >= 15 is 0 Å². The maximum absolute atomic E-state index is 14.2. The molecule has 1 spiro atoms. The zero-order valence-electron chi connectivity index (χ0n) is 31.2. The van der Waals surface area contributed by atoms with E-state index in [-0.39, 0.29) is 23.0 Å². The van der Waals surface area contributed by atoms with Gasteiger partial charge in [0, 0.05) is 67.1 Å². The summed E-state index contributed by atoms with van der Waals surface area (Å²) in [5.41, 5.74) is 4.69. The number of anilines is 2. The number of halogens is 3. The molecule has 286 valence electrons. The molecule has 1 atom stereocenters. The third-order valence-corrected chi connectivity index (χ3v) is 12.9. The van der Waals surface area contributed by atoms with Gasteiger partial charge in [-0.25, -0.2) is 4.98 Å². The van der Waals surface area contributed by atoms with Crippen molar-refractivity contribution in [1.82, 2.24) is 30.0 Å². The Bertz CT molecular complexity index is 2090. The van der Waals surface area contributed by atoms with E-state index in [4.69, 9.17) is 14.7 Å². The van der Waals surface area contributed by atoms with Gasteiger partial charge in [-0.3, -0.25) is 14.8 Å². The summed E-state index contributed by atoms with van der Waals surface area (Å²) in [6, 6.07) is 6.48. The van der Waals surface area contributed by atoms with Crippen molar-refractivity contribution in [3.8, 4) is 16.9 Å². The van der Waals surface area contributed by atoms with E-state index < -0.39 is 12.8 Å². The van der Waals surface area contributed by atoms with Gasteiger partial charge in [-0.2, -0.15) is 23.3 Å². The second-order valence-corrected chi connectivity index (χ2v) is 16.7. The molecule has 4 saturated heterocycles.